The second kappa shape index (κ2) is 7.88. The normalized spacial score (nSPS) is 10.9. The molecule has 0 unspecified atom stereocenters. The van der Waals surface area contributed by atoms with Crippen LogP contribution in [0.4, 0.5) is 0 Å². The number of methoxy groups -OCH3 is 1. The molecule has 0 spiro atoms. The molecule has 5 heteroatoms. The van der Waals surface area contributed by atoms with Crippen molar-refractivity contribution in [3.63, 3.8) is 0 Å². The topological polar surface area (TPSA) is 68.1 Å². The molecule has 2 heterocycles. The quantitative estimate of drug-likeness (QED) is 0.413. The summed E-state index contributed by atoms with van der Waals surface area (Å²) in [6, 6.07) is 24.9. The predicted molar refractivity (Wildman–Crippen MR) is 122 cm³/mol. The summed E-state index contributed by atoms with van der Waals surface area (Å²) in [4.78, 5) is 14.1. The molecule has 5 rings (SSSR count). The summed E-state index contributed by atoms with van der Waals surface area (Å²) in [6.07, 6.45) is 3.58. The fourth-order valence-corrected chi connectivity index (χ4v) is 3.67. The van der Waals surface area contributed by atoms with Crippen LogP contribution in [0.5, 0.6) is 11.5 Å². The molecule has 0 bridgehead atoms. The van der Waals surface area contributed by atoms with Crippen molar-refractivity contribution in [2.75, 3.05) is 7.11 Å². The summed E-state index contributed by atoms with van der Waals surface area (Å²) < 4.78 is 5.25. The third kappa shape index (κ3) is 3.46. The smallest absolute Gasteiger partial charge is 0.159 e. The molecule has 0 aliphatic carbocycles. The third-order valence-electron chi connectivity index (χ3n) is 5.20. The van der Waals surface area contributed by atoms with Gasteiger partial charge in [-0.05, 0) is 18.2 Å². The third-order valence-corrected chi connectivity index (χ3v) is 5.20. The van der Waals surface area contributed by atoms with Gasteiger partial charge in [-0.15, -0.1) is 0 Å². The van der Waals surface area contributed by atoms with Crippen molar-refractivity contribution in [1.29, 1.82) is 0 Å². The van der Waals surface area contributed by atoms with E-state index in [4.69, 9.17) is 9.72 Å². The number of aromatic nitrogens is 3. The summed E-state index contributed by atoms with van der Waals surface area (Å²) in [5, 5.41) is 11.8. The highest BCUT2D eigenvalue weighted by atomic mass is 16.5. The molecule has 150 valence electrons. The summed E-state index contributed by atoms with van der Waals surface area (Å²) in [6.45, 7) is 0. The van der Waals surface area contributed by atoms with E-state index in [1.54, 1.807) is 25.6 Å². The number of nitrogens with zero attached hydrogens (tertiary/aromatic N) is 3. The zero-order valence-corrected chi connectivity index (χ0v) is 16.9. The monoisotopic (exact) mass is 405 g/mol. The van der Waals surface area contributed by atoms with Gasteiger partial charge < -0.3 is 9.84 Å². The van der Waals surface area contributed by atoms with Crippen molar-refractivity contribution in [2.45, 2.75) is 0 Å². The average molecular weight is 405 g/mol. The van der Waals surface area contributed by atoms with Gasteiger partial charge in [0, 0.05) is 46.1 Å². The highest BCUT2D eigenvalue weighted by Crippen LogP contribution is 2.39. The van der Waals surface area contributed by atoms with Crippen LogP contribution in [-0.4, -0.2) is 27.2 Å². The fraction of sp³-hybridized carbons (Fsp3) is 0.0385. The minimum Gasteiger partial charge on any atom is -0.507 e. The van der Waals surface area contributed by atoms with E-state index in [0.717, 1.165) is 27.6 Å². The van der Waals surface area contributed by atoms with Gasteiger partial charge in [0.15, 0.2) is 5.82 Å². The molecule has 0 fully saturated rings. The van der Waals surface area contributed by atoms with Crippen LogP contribution in [0.25, 0.3) is 44.7 Å². The van der Waals surface area contributed by atoms with Crippen molar-refractivity contribution in [3.8, 4) is 45.3 Å². The second-order valence-electron chi connectivity index (χ2n) is 7.09. The summed E-state index contributed by atoms with van der Waals surface area (Å²) >= 11 is 0. The number of hydrogen-bond acceptors (Lipinski definition) is 5. The lowest BCUT2D eigenvalue weighted by molar-refractivity contribution is 0.408. The maximum absolute atomic E-state index is 10.8. The number of phenolic OH excluding ortho intramolecular Hbond substituents is 1. The number of ether oxygens (including phenoxy) is 1. The SMILES string of the molecule is COc1ccc(-c2nc(-c3ccccc3)ncc2-c2cccc3cccnc23)c(O)c1. The summed E-state index contributed by atoms with van der Waals surface area (Å²) in [5.74, 6) is 1.25. The van der Waals surface area contributed by atoms with Gasteiger partial charge in [-0.25, -0.2) is 9.97 Å². The van der Waals surface area contributed by atoms with E-state index in [1.807, 2.05) is 72.8 Å². The molecule has 1 N–H and O–H groups in total. The fourth-order valence-electron chi connectivity index (χ4n) is 3.67. The van der Waals surface area contributed by atoms with Gasteiger partial charge in [-0.3, -0.25) is 4.98 Å². The van der Waals surface area contributed by atoms with E-state index < -0.39 is 0 Å². The molecule has 5 aromatic rings. The van der Waals surface area contributed by atoms with Gasteiger partial charge in [0.2, 0.25) is 0 Å². The molecule has 0 amide bonds. The first-order chi connectivity index (χ1) is 15.2. The van der Waals surface area contributed by atoms with Gasteiger partial charge in [0.1, 0.15) is 11.5 Å². The molecule has 0 atom stereocenters. The lowest BCUT2D eigenvalue weighted by Crippen LogP contribution is -1.97. The maximum atomic E-state index is 10.8. The van der Waals surface area contributed by atoms with Crippen LogP contribution in [0, 0.1) is 0 Å². The number of rotatable bonds is 4. The zero-order valence-electron chi connectivity index (χ0n) is 16.9. The van der Waals surface area contributed by atoms with Gasteiger partial charge in [0.05, 0.1) is 18.3 Å². The lowest BCUT2D eigenvalue weighted by Gasteiger charge is -2.14. The van der Waals surface area contributed by atoms with Crippen LogP contribution in [0.3, 0.4) is 0 Å². The second-order valence-corrected chi connectivity index (χ2v) is 7.09. The molecule has 0 aliphatic rings. The Bertz CT molecular complexity index is 1380. The molecule has 0 saturated carbocycles. The minimum atomic E-state index is 0.0894. The van der Waals surface area contributed by atoms with Crippen molar-refractivity contribution in [1.82, 2.24) is 15.0 Å². The number of aromatic hydroxyl groups is 1. The molecule has 0 aliphatic heterocycles. The van der Waals surface area contributed by atoms with Crippen molar-refractivity contribution < 1.29 is 9.84 Å². The van der Waals surface area contributed by atoms with E-state index in [-0.39, 0.29) is 5.75 Å². The summed E-state index contributed by atoms with van der Waals surface area (Å²) in [7, 11) is 1.57. The van der Waals surface area contributed by atoms with E-state index in [1.165, 1.54) is 0 Å². The first-order valence-corrected chi connectivity index (χ1v) is 9.88. The molecule has 5 nitrogen and oxygen atoms in total. The summed E-state index contributed by atoms with van der Waals surface area (Å²) in [5.41, 5.74) is 4.69. The van der Waals surface area contributed by atoms with Gasteiger partial charge in [-0.2, -0.15) is 0 Å². The number of fused-ring (bicyclic) bond motifs is 1. The Hall–Kier alpha value is -4.25. The Morgan fingerprint density at radius 2 is 1.61 bits per heavy atom. The standard InChI is InChI=1S/C26H19N3O2/c1-31-19-12-13-21(23(30)15-19)25-22(16-28-26(29-25)18-7-3-2-4-8-18)20-11-5-9-17-10-6-14-27-24(17)20/h2-16,30H,1H3. The Kier molecular flexibility index (Phi) is 4.77. The van der Waals surface area contributed by atoms with Crippen LogP contribution in [0.1, 0.15) is 0 Å². The highest BCUT2D eigenvalue weighted by molar-refractivity contribution is 5.97. The van der Waals surface area contributed by atoms with Crippen LogP contribution >= 0.6 is 0 Å². The van der Waals surface area contributed by atoms with Crippen LogP contribution < -0.4 is 4.74 Å². The largest absolute Gasteiger partial charge is 0.507 e. The van der Waals surface area contributed by atoms with Crippen LogP contribution in [0.15, 0.2) is 91.3 Å². The van der Waals surface area contributed by atoms with E-state index in [9.17, 15) is 5.11 Å². The molecular weight excluding hydrogens is 386 g/mol. The number of pyridine rings is 1. The van der Waals surface area contributed by atoms with Crippen LogP contribution in [-0.2, 0) is 0 Å². The van der Waals surface area contributed by atoms with Crippen molar-refractivity contribution in [2.24, 2.45) is 0 Å². The molecule has 0 saturated heterocycles. The van der Waals surface area contributed by atoms with Gasteiger partial charge >= 0.3 is 0 Å². The highest BCUT2D eigenvalue weighted by Gasteiger charge is 2.18. The lowest BCUT2D eigenvalue weighted by atomic mass is 9.97. The maximum Gasteiger partial charge on any atom is 0.159 e. The molecular formula is C26H19N3O2. The number of para-hydroxylation sites is 1. The number of hydrogen-bond donors (Lipinski definition) is 1. The van der Waals surface area contributed by atoms with Gasteiger partial charge in [0.25, 0.3) is 0 Å². The first kappa shape index (κ1) is 18.8. The van der Waals surface area contributed by atoms with E-state index >= 15 is 0 Å². The Morgan fingerprint density at radius 1 is 0.774 bits per heavy atom. The first-order valence-electron chi connectivity index (χ1n) is 9.88. The number of phenols is 1. The van der Waals surface area contributed by atoms with Gasteiger partial charge in [-0.1, -0.05) is 54.6 Å². The Morgan fingerprint density at radius 3 is 2.42 bits per heavy atom. The van der Waals surface area contributed by atoms with Crippen molar-refractivity contribution in [3.05, 3.63) is 91.3 Å². The van der Waals surface area contributed by atoms with E-state index in [2.05, 4.69) is 9.97 Å². The molecule has 3 aromatic carbocycles. The molecule has 2 aromatic heterocycles. The average Bonchev–Trinajstić information content (AvgIpc) is 2.84. The number of benzene rings is 3. The predicted octanol–water partition coefficient (Wildman–Crippen LogP) is 5.74. The zero-order chi connectivity index (χ0) is 21.2. The van der Waals surface area contributed by atoms with Crippen molar-refractivity contribution >= 4 is 10.9 Å². The molecule has 31 heavy (non-hydrogen) atoms. The van der Waals surface area contributed by atoms with Crippen LogP contribution in [0.2, 0.25) is 0 Å². The minimum absolute atomic E-state index is 0.0894. The Labute approximate surface area is 179 Å². The molecule has 0 radical (unpaired) electrons. The van der Waals surface area contributed by atoms with E-state index in [0.29, 0.717) is 22.8 Å². The Balaban J connectivity index is 1.79.